The van der Waals surface area contributed by atoms with E-state index in [1.165, 1.54) is 6.07 Å². The molecule has 1 aliphatic heterocycles. The highest BCUT2D eigenvalue weighted by atomic mass is 19.4. The summed E-state index contributed by atoms with van der Waals surface area (Å²) in [6, 6.07) is 9.92. The first-order chi connectivity index (χ1) is 12.3. The number of carbonyl (C=O) groups excluding carboxylic acids is 1. The van der Waals surface area contributed by atoms with Crippen molar-refractivity contribution in [3.63, 3.8) is 0 Å². The average Bonchev–Trinajstić information content (AvgIpc) is 2.62. The molecule has 0 atom stereocenters. The van der Waals surface area contributed by atoms with Crippen LogP contribution in [0, 0.1) is 6.92 Å². The van der Waals surface area contributed by atoms with E-state index in [1.807, 2.05) is 30.0 Å². The second-order valence-electron chi connectivity index (χ2n) is 6.45. The topological polar surface area (TPSA) is 45.2 Å². The van der Waals surface area contributed by atoms with Crippen LogP contribution in [0.1, 0.15) is 34.3 Å². The Morgan fingerprint density at radius 2 is 1.85 bits per heavy atom. The van der Waals surface area contributed by atoms with E-state index in [9.17, 15) is 18.0 Å². The van der Waals surface area contributed by atoms with Gasteiger partial charge in [0.15, 0.2) is 0 Å². The summed E-state index contributed by atoms with van der Waals surface area (Å²) in [4.78, 5) is 18.2. The molecule has 0 saturated carbocycles. The van der Waals surface area contributed by atoms with Gasteiger partial charge in [-0.3, -0.25) is 4.79 Å². The van der Waals surface area contributed by atoms with E-state index < -0.39 is 11.7 Å². The molecule has 138 valence electrons. The lowest BCUT2D eigenvalue weighted by molar-refractivity contribution is -0.137. The number of amides is 1. The highest BCUT2D eigenvalue weighted by Gasteiger charge is 2.31. The molecule has 1 fully saturated rings. The van der Waals surface area contributed by atoms with Crippen LogP contribution in [0.25, 0.3) is 0 Å². The number of nitrogens with zero attached hydrogens (tertiary/aromatic N) is 2. The average molecular weight is 363 g/mol. The molecule has 0 spiro atoms. The van der Waals surface area contributed by atoms with Gasteiger partial charge >= 0.3 is 6.18 Å². The van der Waals surface area contributed by atoms with E-state index in [2.05, 4.69) is 10.3 Å². The van der Waals surface area contributed by atoms with Crippen LogP contribution in [-0.4, -0.2) is 30.0 Å². The highest BCUT2D eigenvalue weighted by Crippen LogP contribution is 2.29. The van der Waals surface area contributed by atoms with Crippen molar-refractivity contribution in [1.82, 2.24) is 10.3 Å². The zero-order valence-electron chi connectivity index (χ0n) is 14.4. The SMILES string of the molecule is Cc1ccccc1C(=O)NC1CCN(c2ccc(C(F)(F)F)cn2)CC1. The molecule has 1 aromatic heterocycles. The first-order valence-corrected chi connectivity index (χ1v) is 8.49. The Morgan fingerprint density at radius 3 is 2.42 bits per heavy atom. The Kier molecular flexibility index (Phi) is 5.15. The molecule has 0 aliphatic carbocycles. The van der Waals surface area contributed by atoms with Crippen LogP contribution in [0.15, 0.2) is 42.6 Å². The predicted molar refractivity (Wildman–Crippen MR) is 93.1 cm³/mol. The van der Waals surface area contributed by atoms with Crippen molar-refractivity contribution in [3.8, 4) is 0 Å². The van der Waals surface area contributed by atoms with Crippen molar-refractivity contribution in [1.29, 1.82) is 0 Å². The minimum atomic E-state index is -4.38. The number of nitrogens with one attached hydrogen (secondary N) is 1. The number of hydrogen-bond donors (Lipinski definition) is 1. The zero-order chi connectivity index (χ0) is 18.7. The summed E-state index contributed by atoms with van der Waals surface area (Å²) in [5.41, 5.74) is 0.845. The van der Waals surface area contributed by atoms with E-state index in [-0.39, 0.29) is 11.9 Å². The Labute approximate surface area is 150 Å². The Morgan fingerprint density at radius 1 is 1.15 bits per heavy atom. The molecule has 1 saturated heterocycles. The van der Waals surface area contributed by atoms with Gasteiger partial charge in [-0.15, -0.1) is 0 Å². The summed E-state index contributed by atoms with van der Waals surface area (Å²) in [6.45, 7) is 3.17. The lowest BCUT2D eigenvalue weighted by Gasteiger charge is -2.33. The summed E-state index contributed by atoms with van der Waals surface area (Å²) in [5, 5.41) is 3.04. The quantitative estimate of drug-likeness (QED) is 0.902. The van der Waals surface area contributed by atoms with Crippen LogP contribution in [0.5, 0.6) is 0 Å². The van der Waals surface area contributed by atoms with E-state index in [1.54, 1.807) is 6.07 Å². The molecule has 1 amide bonds. The van der Waals surface area contributed by atoms with E-state index in [0.29, 0.717) is 24.5 Å². The smallest absolute Gasteiger partial charge is 0.356 e. The lowest BCUT2D eigenvalue weighted by Crippen LogP contribution is -2.45. The monoisotopic (exact) mass is 363 g/mol. The molecule has 7 heteroatoms. The van der Waals surface area contributed by atoms with Crippen LogP contribution < -0.4 is 10.2 Å². The molecule has 0 radical (unpaired) electrons. The van der Waals surface area contributed by atoms with Crippen molar-refractivity contribution >= 4 is 11.7 Å². The number of piperidine rings is 1. The third kappa shape index (κ3) is 4.15. The van der Waals surface area contributed by atoms with Gasteiger partial charge in [0.2, 0.25) is 0 Å². The molecule has 1 N–H and O–H groups in total. The van der Waals surface area contributed by atoms with Crippen molar-refractivity contribution in [2.24, 2.45) is 0 Å². The van der Waals surface area contributed by atoms with Crippen LogP contribution >= 0.6 is 0 Å². The van der Waals surface area contributed by atoms with Gasteiger partial charge in [0.05, 0.1) is 5.56 Å². The number of anilines is 1. The van der Waals surface area contributed by atoms with Gasteiger partial charge in [0.25, 0.3) is 5.91 Å². The number of aromatic nitrogens is 1. The molecule has 0 bridgehead atoms. The van der Waals surface area contributed by atoms with Gasteiger partial charge in [-0.05, 0) is 43.5 Å². The summed E-state index contributed by atoms with van der Waals surface area (Å²) in [7, 11) is 0. The molecule has 0 unspecified atom stereocenters. The molecule has 1 aliphatic rings. The lowest BCUT2D eigenvalue weighted by atomic mass is 10.0. The fourth-order valence-electron chi connectivity index (χ4n) is 3.08. The zero-order valence-corrected chi connectivity index (χ0v) is 14.4. The van der Waals surface area contributed by atoms with E-state index in [4.69, 9.17) is 0 Å². The number of aryl methyl sites for hydroxylation is 1. The second-order valence-corrected chi connectivity index (χ2v) is 6.45. The largest absolute Gasteiger partial charge is 0.417 e. The number of alkyl halides is 3. The Bertz CT molecular complexity index is 766. The molecular weight excluding hydrogens is 343 g/mol. The van der Waals surface area contributed by atoms with E-state index in [0.717, 1.165) is 30.7 Å². The van der Waals surface area contributed by atoms with Gasteiger partial charge in [0.1, 0.15) is 5.82 Å². The normalized spacial score (nSPS) is 15.8. The van der Waals surface area contributed by atoms with Crippen molar-refractivity contribution in [2.75, 3.05) is 18.0 Å². The first kappa shape index (κ1) is 18.2. The van der Waals surface area contributed by atoms with Crippen LogP contribution in [0.2, 0.25) is 0 Å². The maximum absolute atomic E-state index is 12.6. The van der Waals surface area contributed by atoms with Crippen molar-refractivity contribution in [2.45, 2.75) is 32.0 Å². The summed E-state index contributed by atoms with van der Waals surface area (Å²) in [6.07, 6.45) is -2.07. The molecule has 4 nitrogen and oxygen atoms in total. The second kappa shape index (κ2) is 7.35. The highest BCUT2D eigenvalue weighted by molar-refractivity contribution is 5.95. The van der Waals surface area contributed by atoms with Crippen molar-refractivity contribution in [3.05, 3.63) is 59.3 Å². The molecule has 2 heterocycles. The number of carbonyl (C=O) groups is 1. The first-order valence-electron chi connectivity index (χ1n) is 8.49. The molecule has 2 aromatic rings. The Hall–Kier alpha value is -2.57. The number of hydrogen-bond acceptors (Lipinski definition) is 3. The van der Waals surface area contributed by atoms with Gasteiger partial charge in [-0.1, -0.05) is 18.2 Å². The number of halogens is 3. The maximum Gasteiger partial charge on any atom is 0.417 e. The summed E-state index contributed by atoms with van der Waals surface area (Å²) < 4.78 is 37.8. The number of pyridine rings is 1. The fourth-order valence-corrected chi connectivity index (χ4v) is 3.08. The summed E-state index contributed by atoms with van der Waals surface area (Å²) in [5.74, 6) is 0.441. The molecule has 26 heavy (non-hydrogen) atoms. The number of benzene rings is 1. The fraction of sp³-hybridized carbons (Fsp3) is 0.368. The molecule has 3 rings (SSSR count). The van der Waals surface area contributed by atoms with Crippen LogP contribution in [0.4, 0.5) is 19.0 Å². The third-order valence-electron chi connectivity index (χ3n) is 4.62. The molecule has 1 aromatic carbocycles. The van der Waals surface area contributed by atoms with Gasteiger partial charge in [0, 0.05) is 30.9 Å². The van der Waals surface area contributed by atoms with Gasteiger partial charge < -0.3 is 10.2 Å². The molecular formula is C19H20F3N3O. The van der Waals surface area contributed by atoms with Gasteiger partial charge in [-0.2, -0.15) is 13.2 Å². The standard InChI is InChI=1S/C19H20F3N3O/c1-13-4-2-3-5-16(13)18(26)24-15-8-10-25(11-9-15)17-7-6-14(12-23-17)19(20,21)22/h2-7,12,15H,8-11H2,1H3,(H,24,26). The minimum absolute atomic E-state index is 0.0489. The third-order valence-corrected chi connectivity index (χ3v) is 4.62. The van der Waals surface area contributed by atoms with Crippen molar-refractivity contribution < 1.29 is 18.0 Å². The summed E-state index contributed by atoms with van der Waals surface area (Å²) >= 11 is 0. The maximum atomic E-state index is 12.6. The van der Waals surface area contributed by atoms with Gasteiger partial charge in [-0.25, -0.2) is 4.98 Å². The van der Waals surface area contributed by atoms with Crippen LogP contribution in [-0.2, 0) is 6.18 Å². The number of rotatable bonds is 3. The Balaban J connectivity index is 1.56. The van der Waals surface area contributed by atoms with Crippen LogP contribution in [0.3, 0.4) is 0 Å². The van der Waals surface area contributed by atoms with E-state index >= 15 is 0 Å². The minimum Gasteiger partial charge on any atom is -0.356 e. The predicted octanol–water partition coefficient (Wildman–Crippen LogP) is 3.81.